The lowest BCUT2D eigenvalue weighted by molar-refractivity contribution is 0.302. The quantitative estimate of drug-likeness (QED) is 0.683. The van der Waals surface area contributed by atoms with Gasteiger partial charge in [0.05, 0.1) is 5.02 Å². The number of nitrogens with one attached hydrogen (secondary N) is 1. The van der Waals surface area contributed by atoms with Gasteiger partial charge < -0.3 is 10.1 Å². The summed E-state index contributed by atoms with van der Waals surface area (Å²) in [5, 5.41) is 4.78. The van der Waals surface area contributed by atoms with Crippen molar-refractivity contribution in [1.29, 1.82) is 0 Å². The normalized spacial score (nSPS) is 10.7. The Balaban J connectivity index is 2.23. The van der Waals surface area contributed by atoms with Gasteiger partial charge in [-0.05, 0) is 31.3 Å². The summed E-state index contributed by atoms with van der Waals surface area (Å²) in [6.07, 6.45) is 0. The molecule has 2 rings (SSSR count). The molecule has 0 bridgehead atoms. The zero-order valence-electron chi connectivity index (χ0n) is 11.2. The van der Waals surface area contributed by atoms with Crippen LogP contribution in [-0.4, -0.2) is 7.05 Å². The van der Waals surface area contributed by atoms with Gasteiger partial charge in [0.15, 0.2) is 0 Å². The molecule has 2 nitrogen and oxygen atoms in total. The molecule has 0 saturated heterocycles. The summed E-state index contributed by atoms with van der Waals surface area (Å²) in [7, 11) is 1.85. The van der Waals surface area contributed by atoms with Crippen molar-refractivity contribution in [3.8, 4) is 5.75 Å². The molecule has 2 aromatic carbocycles. The van der Waals surface area contributed by atoms with Crippen LogP contribution in [0.1, 0.15) is 11.1 Å². The summed E-state index contributed by atoms with van der Waals surface area (Å²) < 4.78 is 6.78. The fourth-order valence-electron chi connectivity index (χ4n) is 1.89. The topological polar surface area (TPSA) is 21.3 Å². The molecule has 6 heteroatoms. The molecule has 0 spiro atoms. The van der Waals surface area contributed by atoms with Crippen molar-refractivity contribution >= 4 is 50.7 Å². The first kappa shape index (κ1) is 16.9. The van der Waals surface area contributed by atoms with E-state index in [4.69, 9.17) is 39.5 Å². The molecule has 0 aliphatic heterocycles. The molecule has 0 radical (unpaired) electrons. The van der Waals surface area contributed by atoms with E-state index in [1.54, 1.807) is 6.07 Å². The third-order valence-electron chi connectivity index (χ3n) is 2.84. The van der Waals surface area contributed by atoms with Crippen LogP contribution in [0.3, 0.4) is 0 Å². The maximum atomic E-state index is 6.22. The number of rotatable bonds is 5. The molecule has 21 heavy (non-hydrogen) atoms. The van der Waals surface area contributed by atoms with Gasteiger partial charge in [-0.1, -0.05) is 56.8 Å². The van der Waals surface area contributed by atoms with E-state index in [-0.39, 0.29) is 0 Å². The highest BCUT2D eigenvalue weighted by Crippen LogP contribution is 2.33. The van der Waals surface area contributed by atoms with Gasteiger partial charge in [-0.25, -0.2) is 0 Å². The number of hydrogen-bond acceptors (Lipinski definition) is 2. The van der Waals surface area contributed by atoms with E-state index < -0.39 is 0 Å². The van der Waals surface area contributed by atoms with Crippen molar-refractivity contribution in [3.05, 3.63) is 61.0 Å². The summed E-state index contributed by atoms with van der Waals surface area (Å²) >= 11 is 21.8. The minimum Gasteiger partial charge on any atom is -0.487 e. The second kappa shape index (κ2) is 7.70. The first-order valence-electron chi connectivity index (χ1n) is 6.20. The highest BCUT2D eigenvalue weighted by atomic mass is 79.9. The third kappa shape index (κ3) is 4.51. The van der Waals surface area contributed by atoms with Crippen LogP contribution < -0.4 is 10.1 Å². The summed E-state index contributed by atoms with van der Waals surface area (Å²) in [5.74, 6) is 0.620. The lowest BCUT2D eigenvalue weighted by atomic mass is 10.2. The molecule has 0 saturated carbocycles. The number of benzene rings is 2. The van der Waals surface area contributed by atoms with E-state index >= 15 is 0 Å². The van der Waals surface area contributed by atoms with Crippen LogP contribution in [-0.2, 0) is 13.2 Å². The Kier molecular flexibility index (Phi) is 6.20. The van der Waals surface area contributed by atoms with E-state index in [0.717, 1.165) is 15.6 Å². The fourth-order valence-corrected chi connectivity index (χ4v) is 3.20. The molecular formula is C15H13BrCl3NO. The Morgan fingerprint density at radius 2 is 1.81 bits per heavy atom. The van der Waals surface area contributed by atoms with Crippen LogP contribution in [0.5, 0.6) is 5.75 Å². The van der Waals surface area contributed by atoms with Crippen LogP contribution in [0.4, 0.5) is 0 Å². The van der Waals surface area contributed by atoms with Crippen LogP contribution in [0.15, 0.2) is 34.8 Å². The molecule has 1 N–H and O–H groups in total. The highest BCUT2D eigenvalue weighted by Gasteiger charge is 2.11. The fraction of sp³-hybridized carbons (Fsp3) is 0.200. The maximum absolute atomic E-state index is 6.22. The molecule has 0 heterocycles. The lowest BCUT2D eigenvalue weighted by Gasteiger charge is -2.14. The molecule has 112 valence electrons. The molecule has 0 unspecified atom stereocenters. The van der Waals surface area contributed by atoms with Crippen LogP contribution in [0.2, 0.25) is 15.1 Å². The average molecular weight is 410 g/mol. The van der Waals surface area contributed by atoms with E-state index in [2.05, 4.69) is 21.2 Å². The first-order chi connectivity index (χ1) is 10.0. The molecule has 2 aromatic rings. The van der Waals surface area contributed by atoms with Gasteiger partial charge in [-0.2, -0.15) is 0 Å². The van der Waals surface area contributed by atoms with Crippen molar-refractivity contribution in [2.24, 2.45) is 0 Å². The van der Waals surface area contributed by atoms with E-state index in [0.29, 0.717) is 34.0 Å². The average Bonchev–Trinajstić information content (AvgIpc) is 2.40. The van der Waals surface area contributed by atoms with Crippen molar-refractivity contribution < 1.29 is 4.74 Å². The zero-order chi connectivity index (χ0) is 15.4. The van der Waals surface area contributed by atoms with Gasteiger partial charge in [0, 0.05) is 32.2 Å². The van der Waals surface area contributed by atoms with Gasteiger partial charge in [0.2, 0.25) is 0 Å². The highest BCUT2D eigenvalue weighted by molar-refractivity contribution is 9.10. The summed E-state index contributed by atoms with van der Waals surface area (Å²) in [4.78, 5) is 0. The molecule has 0 amide bonds. The predicted molar refractivity (Wildman–Crippen MR) is 92.7 cm³/mol. The monoisotopic (exact) mass is 407 g/mol. The zero-order valence-corrected chi connectivity index (χ0v) is 15.1. The molecular weight excluding hydrogens is 396 g/mol. The lowest BCUT2D eigenvalue weighted by Crippen LogP contribution is -2.08. The van der Waals surface area contributed by atoms with Gasteiger partial charge in [-0.15, -0.1) is 0 Å². The summed E-state index contributed by atoms with van der Waals surface area (Å²) in [6, 6.07) is 9.16. The van der Waals surface area contributed by atoms with E-state index in [1.165, 1.54) is 0 Å². The van der Waals surface area contributed by atoms with Crippen LogP contribution >= 0.6 is 50.7 Å². The predicted octanol–water partition coefficient (Wildman–Crippen LogP) is 5.71. The Morgan fingerprint density at radius 1 is 1.05 bits per heavy atom. The standard InChI is InChI=1S/C15H13BrCl3NO/c1-20-7-10-4-12(17)6-14(19)15(10)21-8-9-2-3-11(16)5-13(9)18/h2-6,20H,7-8H2,1H3. The molecule has 0 fully saturated rings. The maximum Gasteiger partial charge on any atom is 0.142 e. The minimum absolute atomic E-state index is 0.337. The van der Waals surface area contributed by atoms with Crippen molar-refractivity contribution in [2.75, 3.05) is 7.05 Å². The minimum atomic E-state index is 0.337. The van der Waals surface area contributed by atoms with Gasteiger partial charge in [0.1, 0.15) is 12.4 Å². The first-order valence-corrected chi connectivity index (χ1v) is 8.13. The Morgan fingerprint density at radius 3 is 2.48 bits per heavy atom. The van der Waals surface area contributed by atoms with Crippen molar-refractivity contribution in [2.45, 2.75) is 13.2 Å². The van der Waals surface area contributed by atoms with Crippen molar-refractivity contribution in [1.82, 2.24) is 5.32 Å². The second-order valence-electron chi connectivity index (χ2n) is 4.43. The molecule has 0 aliphatic rings. The second-order valence-corrected chi connectivity index (χ2v) is 6.60. The number of ether oxygens (including phenoxy) is 1. The Labute approximate surface area is 147 Å². The van der Waals surface area contributed by atoms with Crippen molar-refractivity contribution in [3.63, 3.8) is 0 Å². The molecule has 0 aromatic heterocycles. The summed E-state index contributed by atoms with van der Waals surface area (Å²) in [6.45, 7) is 0.952. The van der Waals surface area contributed by atoms with E-state index in [1.807, 2.05) is 31.3 Å². The van der Waals surface area contributed by atoms with Crippen LogP contribution in [0.25, 0.3) is 0 Å². The third-order valence-corrected chi connectivity index (χ3v) is 4.18. The summed E-state index contributed by atoms with van der Waals surface area (Å²) in [5.41, 5.74) is 1.80. The van der Waals surface area contributed by atoms with Gasteiger partial charge >= 0.3 is 0 Å². The number of halogens is 4. The largest absolute Gasteiger partial charge is 0.487 e. The SMILES string of the molecule is CNCc1cc(Cl)cc(Cl)c1OCc1ccc(Br)cc1Cl. The van der Waals surface area contributed by atoms with Crippen LogP contribution in [0, 0.1) is 0 Å². The molecule has 0 aliphatic carbocycles. The smallest absolute Gasteiger partial charge is 0.142 e. The van der Waals surface area contributed by atoms with Gasteiger partial charge in [-0.3, -0.25) is 0 Å². The Bertz CT molecular complexity index is 649. The van der Waals surface area contributed by atoms with Gasteiger partial charge in [0.25, 0.3) is 0 Å². The molecule has 0 atom stereocenters. The number of hydrogen-bond donors (Lipinski definition) is 1. The Hall–Kier alpha value is -0.450. The van der Waals surface area contributed by atoms with E-state index in [9.17, 15) is 0 Å².